The Bertz CT molecular complexity index is 634. The molecule has 2 heterocycles. The van der Waals surface area contributed by atoms with Crippen LogP contribution >= 0.6 is 0 Å². The monoisotopic (exact) mass is 374 g/mol. The fourth-order valence-corrected chi connectivity index (χ4v) is 4.81. The third-order valence-corrected chi connectivity index (χ3v) is 6.82. The van der Waals surface area contributed by atoms with Crippen molar-refractivity contribution in [2.24, 2.45) is 11.8 Å². The Balaban J connectivity index is 1.23. The molecule has 3 fully saturated rings. The molecule has 6 heteroatoms. The number of carbonyl (C=O) groups excluding carboxylic acids is 1. The number of likely N-dealkylation sites (tertiary alicyclic amines) is 1. The molecule has 2 aliphatic carbocycles. The molecule has 6 nitrogen and oxygen atoms in total. The highest BCUT2D eigenvalue weighted by atomic mass is 16.5. The van der Waals surface area contributed by atoms with Crippen molar-refractivity contribution in [2.45, 2.75) is 69.9 Å². The van der Waals surface area contributed by atoms with Crippen LogP contribution < -0.4 is 10.6 Å². The summed E-state index contributed by atoms with van der Waals surface area (Å²) in [5.74, 6) is 2.58. The van der Waals surface area contributed by atoms with Crippen molar-refractivity contribution in [3.8, 4) is 0 Å². The summed E-state index contributed by atoms with van der Waals surface area (Å²) in [6.07, 6.45) is 8.63. The smallest absolute Gasteiger partial charge is 0.273 e. The minimum Gasteiger partial charge on any atom is -0.360 e. The van der Waals surface area contributed by atoms with E-state index in [-0.39, 0.29) is 11.9 Å². The summed E-state index contributed by atoms with van der Waals surface area (Å²) in [6, 6.07) is 2.78. The first-order chi connectivity index (χ1) is 13.1. The van der Waals surface area contributed by atoms with Crippen LogP contribution in [0, 0.1) is 11.8 Å². The van der Waals surface area contributed by atoms with Gasteiger partial charge in [-0.25, -0.2) is 0 Å². The molecule has 4 rings (SSSR count). The quantitative estimate of drug-likeness (QED) is 0.801. The van der Waals surface area contributed by atoms with E-state index in [1.165, 1.54) is 32.2 Å². The van der Waals surface area contributed by atoms with E-state index in [0.29, 0.717) is 17.5 Å². The van der Waals surface area contributed by atoms with Gasteiger partial charge in [0.1, 0.15) is 5.76 Å². The van der Waals surface area contributed by atoms with Crippen molar-refractivity contribution in [2.75, 3.05) is 26.7 Å². The van der Waals surface area contributed by atoms with Gasteiger partial charge in [0.2, 0.25) is 0 Å². The molecule has 1 amide bonds. The van der Waals surface area contributed by atoms with Crippen LogP contribution in [0.15, 0.2) is 10.6 Å². The van der Waals surface area contributed by atoms with Crippen molar-refractivity contribution >= 4 is 5.91 Å². The average Bonchev–Trinajstić information content (AvgIpc) is 3.41. The molecule has 0 spiro atoms. The maximum absolute atomic E-state index is 12.5. The van der Waals surface area contributed by atoms with Crippen molar-refractivity contribution < 1.29 is 9.32 Å². The zero-order chi connectivity index (χ0) is 18.8. The van der Waals surface area contributed by atoms with Gasteiger partial charge in [-0.1, -0.05) is 12.1 Å². The minimum absolute atomic E-state index is 0.0821. The Labute approximate surface area is 162 Å². The summed E-state index contributed by atoms with van der Waals surface area (Å²) in [7, 11) is 2.08. The maximum atomic E-state index is 12.5. The lowest BCUT2D eigenvalue weighted by molar-refractivity contribution is 0.0825. The first-order valence-corrected chi connectivity index (χ1v) is 10.8. The van der Waals surface area contributed by atoms with Crippen LogP contribution in [0.3, 0.4) is 0 Å². The molecular formula is C21H34N4O2. The van der Waals surface area contributed by atoms with Crippen LogP contribution in [0.2, 0.25) is 0 Å². The normalized spacial score (nSPS) is 32.4. The SMILES string of the molecule is CN[C@H]1CC[C@H](CN2CC[C@@H](NC(=O)c3cc(C4CC4)on3)[C@@H](C)C2)CC1. The van der Waals surface area contributed by atoms with E-state index >= 15 is 0 Å². The number of hydrogen-bond acceptors (Lipinski definition) is 5. The van der Waals surface area contributed by atoms with Crippen molar-refractivity contribution in [3.63, 3.8) is 0 Å². The van der Waals surface area contributed by atoms with Gasteiger partial charge in [-0.2, -0.15) is 0 Å². The van der Waals surface area contributed by atoms with E-state index in [4.69, 9.17) is 4.52 Å². The largest absolute Gasteiger partial charge is 0.360 e. The van der Waals surface area contributed by atoms with E-state index in [0.717, 1.165) is 50.1 Å². The summed E-state index contributed by atoms with van der Waals surface area (Å²) in [4.78, 5) is 15.1. The Morgan fingerprint density at radius 2 is 2.00 bits per heavy atom. The Morgan fingerprint density at radius 3 is 2.67 bits per heavy atom. The molecule has 2 saturated carbocycles. The van der Waals surface area contributed by atoms with Crippen LogP contribution in [0.1, 0.15) is 74.0 Å². The van der Waals surface area contributed by atoms with E-state index in [2.05, 4.69) is 34.7 Å². The lowest BCUT2D eigenvalue weighted by Crippen LogP contribution is -2.51. The molecule has 1 aromatic rings. The lowest BCUT2D eigenvalue weighted by atomic mass is 9.85. The van der Waals surface area contributed by atoms with Gasteiger partial charge in [0.05, 0.1) is 0 Å². The molecule has 27 heavy (non-hydrogen) atoms. The van der Waals surface area contributed by atoms with Crippen molar-refractivity contribution in [3.05, 3.63) is 17.5 Å². The average molecular weight is 375 g/mol. The summed E-state index contributed by atoms with van der Waals surface area (Å²) < 4.78 is 5.32. The van der Waals surface area contributed by atoms with E-state index < -0.39 is 0 Å². The van der Waals surface area contributed by atoms with Crippen LogP contribution in [-0.4, -0.2) is 54.7 Å². The number of carbonyl (C=O) groups is 1. The number of amides is 1. The van der Waals surface area contributed by atoms with Gasteiger partial charge < -0.3 is 20.1 Å². The third kappa shape index (κ3) is 4.72. The van der Waals surface area contributed by atoms with Crippen molar-refractivity contribution in [1.82, 2.24) is 20.7 Å². The molecule has 2 atom stereocenters. The van der Waals surface area contributed by atoms with Gasteiger partial charge in [-0.3, -0.25) is 4.79 Å². The molecule has 0 radical (unpaired) electrons. The maximum Gasteiger partial charge on any atom is 0.273 e. The number of nitrogens with one attached hydrogen (secondary N) is 2. The summed E-state index contributed by atoms with van der Waals surface area (Å²) >= 11 is 0. The molecule has 0 unspecified atom stereocenters. The molecular weight excluding hydrogens is 340 g/mol. The minimum atomic E-state index is -0.0821. The molecule has 150 valence electrons. The van der Waals surface area contributed by atoms with Crippen molar-refractivity contribution in [1.29, 1.82) is 0 Å². The third-order valence-electron chi connectivity index (χ3n) is 6.82. The second-order valence-electron chi connectivity index (χ2n) is 9.00. The zero-order valence-electron chi connectivity index (χ0n) is 16.7. The summed E-state index contributed by atoms with van der Waals surface area (Å²) in [5, 5.41) is 10.6. The zero-order valence-corrected chi connectivity index (χ0v) is 16.7. The van der Waals surface area contributed by atoms with Gasteiger partial charge >= 0.3 is 0 Å². The van der Waals surface area contributed by atoms with E-state index in [1.54, 1.807) is 0 Å². The molecule has 1 saturated heterocycles. The Hall–Kier alpha value is -1.40. The van der Waals surface area contributed by atoms with Crippen LogP contribution in [0.5, 0.6) is 0 Å². The van der Waals surface area contributed by atoms with Crippen LogP contribution in [-0.2, 0) is 0 Å². The highest BCUT2D eigenvalue weighted by molar-refractivity contribution is 5.92. The highest BCUT2D eigenvalue weighted by Gasteiger charge is 2.32. The van der Waals surface area contributed by atoms with Crippen LogP contribution in [0.25, 0.3) is 0 Å². The highest BCUT2D eigenvalue weighted by Crippen LogP contribution is 2.40. The summed E-state index contributed by atoms with van der Waals surface area (Å²) in [6.45, 7) is 5.62. The second kappa shape index (κ2) is 8.31. The van der Waals surface area contributed by atoms with Gasteiger partial charge in [0.15, 0.2) is 5.69 Å². The summed E-state index contributed by atoms with van der Waals surface area (Å²) in [5.41, 5.74) is 0.438. The molecule has 1 aromatic heterocycles. The number of hydrogen-bond donors (Lipinski definition) is 2. The molecule has 0 bridgehead atoms. The number of aromatic nitrogens is 1. The fourth-order valence-electron chi connectivity index (χ4n) is 4.81. The topological polar surface area (TPSA) is 70.4 Å². The Kier molecular flexibility index (Phi) is 5.83. The first kappa shape index (κ1) is 18.9. The first-order valence-electron chi connectivity index (χ1n) is 10.8. The van der Waals surface area contributed by atoms with Gasteiger partial charge in [0.25, 0.3) is 5.91 Å². The van der Waals surface area contributed by atoms with E-state index in [1.807, 2.05) is 6.07 Å². The number of nitrogens with zero attached hydrogens (tertiary/aromatic N) is 2. The Morgan fingerprint density at radius 1 is 1.22 bits per heavy atom. The second-order valence-corrected chi connectivity index (χ2v) is 9.00. The molecule has 1 aliphatic heterocycles. The van der Waals surface area contributed by atoms with Crippen LogP contribution in [0.4, 0.5) is 0 Å². The molecule has 3 aliphatic rings. The molecule has 2 N–H and O–H groups in total. The fraction of sp³-hybridized carbons (Fsp3) is 0.810. The van der Waals surface area contributed by atoms with Gasteiger partial charge in [-0.05, 0) is 63.8 Å². The van der Waals surface area contributed by atoms with E-state index in [9.17, 15) is 4.79 Å². The van der Waals surface area contributed by atoms with Gasteiger partial charge in [0, 0.05) is 43.7 Å². The number of piperidine rings is 1. The number of rotatable bonds is 6. The lowest BCUT2D eigenvalue weighted by Gasteiger charge is -2.40. The molecule has 0 aromatic carbocycles. The standard InChI is InChI=1S/C21H34N4O2/c1-14-12-25(13-15-3-7-17(22-2)8-4-15)10-9-18(14)23-21(26)19-11-20(27-24-19)16-5-6-16/h11,14-18,22H,3-10,12-13H2,1-2H3,(H,23,26)/t14-,15-,17-,18+/m0/s1. The van der Waals surface area contributed by atoms with Gasteiger partial charge in [-0.15, -0.1) is 0 Å². The predicted molar refractivity (Wildman–Crippen MR) is 105 cm³/mol. The predicted octanol–water partition coefficient (Wildman–Crippen LogP) is 2.77.